The summed E-state index contributed by atoms with van der Waals surface area (Å²) >= 11 is 6.39. The van der Waals surface area contributed by atoms with Crippen LogP contribution in [0.2, 0.25) is 0 Å². The van der Waals surface area contributed by atoms with Gasteiger partial charge >= 0.3 is 0 Å². The molecule has 0 unspecified atom stereocenters. The van der Waals surface area contributed by atoms with Gasteiger partial charge in [0.15, 0.2) is 5.16 Å². The maximum absolute atomic E-state index is 5.24. The van der Waals surface area contributed by atoms with Crippen molar-refractivity contribution in [2.24, 2.45) is 5.41 Å². The van der Waals surface area contributed by atoms with Crippen molar-refractivity contribution in [2.75, 3.05) is 18.6 Å². The summed E-state index contributed by atoms with van der Waals surface area (Å²) in [5.41, 5.74) is 2.45. The fourth-order valence-electron chi connectivity index (χ4n) is 2.86. The molecule has 0 amide bonds. The molecule has 0 radical (unpaired) electrons. The highest BCUT2D eigenvalue weighted by molar-refractivity contribution is 7.99. The second-order valence-corrected chi connectivity index (χ2v) is 6.86. The van der Waals surface area contributed by atoms with Gasteiger partial charge in [0, 0.05) is 11.8 Å². The molecule has 0 spiro atoms. The lowest BCUT2D eigenvalue weighted by Gasteiger charge is -2.25. The lowest BCUT2D eigenvalue weighted by molar-refractivity contribution is 0.403. The molecular weight excluding hydrogens is 288 g/mol. The van der Waals surface area contributed by atoms with E-state index in [4.69, 9.17) is 4.74 Å². The van der Waals surface area contributed by atoms with Crippen molar-refractivity contribution >= 4 is 35.4 Å². The number of nitrogens with one attached hydrogen (secondary N) is 1. The van der Waals surface area contributed by atoms with Crippen LogP contribution < -0.4 is 4.74 Å². The number of fused-ring (bicyclic) bond motifs is 1. The molecule has 1 fully saturated rings. The number of ether oxygens (including phenoxy) is 1. The smallest absolute Gasteiger partial charge is 0.166 e. The number of H-pyrrole nitrogens is 1. The van der Waals surface area contributed by atoms with Gasteiger partial charge in [0.1, 0.15) is 5.75 Å². The maximum atomic E-state index is 5.24. The number of nitrogens with zero attached hydrogens (tertiary/aromatic N) is 1. The number of imidazole rings is 1. The van der Waals surface area contributed by atoms with Crippen LogP contribution in [-0.2, 0) is 0 Å². The third kappa shape index (κ3) is 2.79. The van der Waals surface area contributed by atoms with Gasteiger partial charge in [-0.15, -0.1) is 0 Å². The molecule has 20 heavy (non-hydrogen) atoms. The third-order valence-corrected chi connectivity index (χ3v) is 6.08. The van der Waals surface area contributed by atoms with Crippen LogP contribution in [0.3, 0.4) is 0 Å². The zero-order valence-corrected chi connectivity index (χ0v) is 13.4. The minimum absolute atomic E-state index is 0.407. The van der Waals surface area contributed by atoms with Crippen LogP contribution in [0.15, 0.2) is 23.4 Å². The van der Waals surface area contributed by atoms with Crippen LogP contribution >= 0.6 is 24.4 Å². The van der Waals surface area contributed by atoms with Gasteiger partial charge in [-0.3, -0.25) is 0 Å². The molecule has 108 valence electrons. The van der Waals surface area contributed by atoms with Crippen molar-refractivity contribution in [1.82, 2.24) is 9.97 Å². The maximum Gasteiger partial charge on any atom is 0.166 e. The number of aromatic amines is 1. The standard InChI is InChI=1S/C15H20N2OS2/c1-18-11-4-5-12-13(8-11)17-14(16-12)20-10-15(9-19)6-2-3-7-15/h4-5,8,19H,2-3,6-7,9-10H2,1H3,(H,16,17). The largest absolute Gasteiger partial charge is 0.497 e. The molecule has 1 aliphatic carbocycles. The molecule has 1 aromatic carbocycles. The molecule has 5 heteroatoms. The minimum Gasteiger partial charge on any atom is -0.497 e. The Balaban J connectivity index is 1.74. The average molecular weight is 308 g/mol. The quantitative estimate of drug-likeness (QED) is 0.643. The van der Waals surface area contributed by atoms with E-state index in [0.29, 0.717) is 5.41 Å². The van der Waals surface area contributed by atoms with E-state index < -0.39 is 0 Å². The Morgan fingerprint density at radius 3 is 2.90 bits per heavy atom. The summed E-state index contributed by atoms with van der Waals surface area (Å²) in [6.07, 6.45) is 5.30. The number of thiol groups is 1. The molecule has 0 bridgehead atoms. The van der Waals surface area contributed by atoms with E-state index in [0.717, 1.165) is 33.4 Å². The SMILES string of the molecule is COc1ccc2nc(SCC3(CS)CCCC3)[nH]c2c1. The Labute approximate surface area is 129 Å². The number of methoxy groups -OCH3 is 1. The van der Waals surface area contributed by atoms with Crippen molar-refractivity contribution in [1.29, 1.82) is 0 Å². The van der Waals surface area contributed by atoms with Crippen LogP contribution in [-0.4, -0.2) is 28.6 Å². The van der Waals surface area contributed by atoms with E-state index in [-0.39, 0.29) is 0 Å². The second kappa shape index (κ2) is 5.90. The highest BCUT2D eigenvalue weighted by Gasteiger charge is 2.32. The van der Waals surface area contributed by atoms with E-state index >= 15 is 0 Å². The Morgan fingerprint density at radius 2 is 2.20 bits per heavy atom. The zero-order chi connectivity index (χ0) is 14.0. The van der Waals surface area contributed by atoms with Crippen LogP contribution in [0.1, 0.15) is 25.7 Å². The van der Waals surface area contributed by atoms with E-state index in [1.54, 1.807) is 7.11 Å². The third-order valence-electron chi connectivity index (χ3n) is 4.18. The van der Waals surface area contributed by atoms with Crippen molar-refractivity contribution in [3.05, 3.63) is 18.2 Å². The van der Waals surface area contributed by atoms with Crippen LogP contribution in [0.5, 0.6) is 5.75 Å². The summed E-state index contributed by atoms with van der Waals surface area (Å²) in [6.45, 7) is 0. The van der Waals surface area contributed by atoms with Crippen molar-refractivity contribution < 1.29 is 4.74 Å². The van der Waals surface area contributed by atoms with E-state index in [1.807, 2.05) is 30.0 Å². The summed E-state index contributed by atoms with van der Waals surface area (Å²) in [4.78, 5) is 8.02. The van der Waals surface area contributed by atoms with Crippen molar-refractivity contribution in [2.45, 2.75) is 30.8 Å². The van der Waals surface area contributed by atoms with Crippen LogP contribution in [0.4, 0.5) is 0 Å². The molecule has 1 aliphatic rings. The van der Waals surface area contributed by atoms with Gasteiger partial charge in [0.05, 0.1) is 18.1 Å². The number of hydrogen-bond acceptors (Lipinski definition) is 4. The van der Waals surface area contributed by atoms with Crippen LogP contribution in [0, 0.1) is 5.41 Å². The average Bonchev–Trinajstić information content (AvgIpc) is 3.11. The minimum atomic E-state index is 0.407. The lowest BCUT2D eigenvalue weighted by atomic mass is 9.91. The Bertz CT molecular complexity index is 591. The Morgan fingerprint density at radius 1 is 1.40 bits per heavy atom. The summed E-state index contributed by atoms with van der Waals surface area (Å²) < 4.78 is 5.24. The van der Waals surface area contributed by atoms with Gasteiger partial charge in [-0.2, -0.15) is 12.6 Å². The molecule has 3 rings (SSSR count). The summed E-state index contributed by atoms with van der Waals surface area (Å²) in [7, 11) is 1.68. The molecule has 1 saturated carbocycles. The first-order chi connectivity index (χ1) is 9.74. The topological polar surface area (TPSA) is 37.9 Å². The number of rotatable bonds is 5. The molecule has 1 heterocycles. The molecule has 0 atom stereocenters. The fourth-order valence-corrected chi connectivity index (χ4v) is 4.61. The summed E-state index contributed by atoms with van der Waals surface area (Å²) in [6, 6.07) is 5.94. The first-order valence-corrected chi connectivity index (χ1v) is 8.64. The monoisotopic (exact) mass is 308 g/mol. The predicted octanol–water partition coefficient (Wildman–Crippen LogP) is 4.15. The highest BCUT2D eigenvalue weighted by Crippen LogP contribution is 2.42. The number of aromatic nitrogens is 2. The number of hydrogen-bond donors (Lipinski definition) is 2. The number of benzene rings is 1. The first-order valence-electron chi connectivity index (χ1n) is 7.02. The molecule has 2 aromatic rings. The summed E-state index contributed by atoms with van der Waals surface area (Å²) in [5.74, 6) is 2.95. The predicted molar refractivity (Wildman–Crippen MR) is 88.1 cm³/mol. The molecule has 1 N–H and O–H groups in total. The Kier molecular flexibility index (Phi) is 4.17. The molecule has 1 aromatic heterocycles. The van der Waals surface area contributed by atoms with Gasteiger partial charge in [-0.25, -0.2) is 4.98 Å². The first kappa shape index (κ1) is 14.1. The van der Waals surface area contributed by atoms with Crippen molar-refractivity contribution in [3.8, 4) is 5.75 Å². The molecule has 0 saturated heterocycles. The molecule has 0 aliphatic heterocycles. The Hall–Kier alpha value is -0.810. The van der Waals surface area contributed by atoms with Gasteiger partial charge in [0.2, 0.25) is 0 Å². The normalized spacial score (nSPS) is 17.7. The second-order valence-electron chi connectivity index (χ2n) is 5.58. The fraction of sp³-hybridized carbons (Fsp3) is 0.533. The van der Waals surface area contributed by atoms with Gasteiger partial charge in [-0.1, -0.05) is 24.6 Å². The van der Waals surface area contributed by atoms with Gasteiger partial charge in [-0.05, 0) is 36.1 Å². The van der Waals surface area contributed by atoms with Crippen molar-refractivity contribution in [3.63, 3.8) is 0 Å². The molecule has 3 nitrogen and oxygen atoms in total. The van der Waals surface area contributed by atoms with E-state index in [9.17, 15) is 0 Å². The van der Waals surface area contributed by atoms with Gasteiger partial charge < -0.3 is 9.72 Å². The van der Waals surface area contributed by atoms with Crippen LogP contribution in [0.25, 0.3) is 11.0 Å². The zero-order valence-electron chi connectivity index (χ0n) is 11.7. The highest BCUT2D eigenvalue weighted by atomic mass is 32.2. The lowest BCUT2D eigenvalue weighted by Crippen LogP contribution is -2.21. The van der Waals surface area contributed by atoms with E-state index in [2.05, 4.69) is 22.6 Å². The number of thioether (sulfide) groups is 1. The molecular formula is C15H20N2OS2. The summed E-state index contributed by atoms with van der Waals surface area (Å²) in [5, 5.41) is 1.00. The van der Waals surface area contributed by atoms with Gasteiger partial charge in [0.25, 0.3) is 0 Å². The van der Waals surface area contributed by atoms with E-state index in [1.165, 1.54) is 25.7 Å².